The first kappa shape index (κ1) is 10.6. The number of likely N-dealkylation sites (tertiary alicyclic amines) is 1. The van der Waals surface area contributed by atoms with E-state index in [4.69, 9.17) is 4.74 Å². The van der Waals surface area contributed by atoms with E-state index >= 15 is 0 Å². The number of likely N-dealkylation sites (N-methyl/N-ethyl adjacent to an activating group) is 1. The van der Waals surface area contributed by atoms with Crippen LogP contribution >= 0.6 is 0 Å². The molecule has 0 bridgehead atoms. The maximum absolute atomic E-state index is 6.12. The molecule has 0 radical (unpaired) electrons. The molecule has 0 N–H and O–H groups in total. The van der Waals surface area contributed by atoms with Crippen LogP contribution in [0.25, 0.3) is 10.8 Å². The van der Waals surface area contributed by atoms with Crippen LogP contribution in [0.2, 0.25) is 0 Å². The molecule has 0 aromatic heterocycles. The highest BCUT2D eigenvalue weighted by atomic mass is 16.5. The van der Waals surface area contributed by atoms with Crippen molar-refractivity contribution in [3.05, 3.63) is 42.5 Å². The third-order valence-electron chi connectivity index (χ3n) is 3.39. The van der Waals surface area contributed by atoms with Crippen molar-refractivity contribution in [2.75, 3.05) is 20.1 Å². The van der Waals surface area contributed by atoms with Gasteiger partial charge in [-0.15, -0.1) is 0 Å². The fourth-order valence-corrected chi connectivity index (χ4v) is 2.47. The summed E-state index contributed by atoms with van der Waals surface area (Å²) in [6.45, 7) is 2.17. The van der Waals surface area contributed by atoms with Gasteiger partial charge in [-0.2, -0.15) is 0 Å². The summed E-state index contributed by atoms with van der Waals surface area (Å²) < 4.78 is 6.12. The van der Waals surface area contributed by atoms with Gasteiger partial charge in [-0.1, -0.05) is 36.4 Å². The molecular formula is C15H17NO. The Labute approximate surface area is 102 Å². The van der Waals surface area contributed by atoms with Crippen LogP contribution in [0, 0.1) is 0 Å². The van der Waals surface area contributed by atoms with Gasteiger partial charge in [0, 0.05) is 18.5 Å². The number of rotatable bonds is 2. The molecule has 1 aliphatic rings. The van der Waals surface area contributed by atoms with E-state index in [-0.39, 0.29) is 0 Å². The van der Waals surface area contributed by atoms with Crippen molar-refractivity contribution in [2.45, 2.75) is 12.5 Å². The van der Waals surface area contributed by atoms with Gasteiger partial charge in [0.1, 0.15) is 11.9 Å². The predicted octanol–water partition coefficient (Wildman–Crippen LogP) is 2.92. The zero-order valence-corrected chi connectivity index (χ0v) is 10.1. The topological polar surface area (TPSA) is 12.5 Å². The molecule has 2 aromatic carbocycles. The van der Waals surface area contributed by atoms with Gasteiger partial charge in [0.15, 0.2) is 0 Å². The normalized spacial score (nSPS) is 20.9. The Bertz CT molecular complexity index is 518. The molecule has 0 amide bonds. The third kappa shape index (κ3) is 2.13. The SMILES string of the molecule is CN1CCC(Oc2cccc3ccccc23)C1. The average Bonchev–Trinajstić information content (AvgIpc) is 2.75. The van der Waals surface area contributed by atoms with Crippen molar-refractivity contribution in [1.82, 2.24) is 4.90 Å². The van der Waals surface area contributed by atoms with E-state index in [2.05, 4.69) is 54.4 Å². The van der Waals surface area contributed by atoms with Crippen molar-refractivity contribution in [2.24, 2.45) is 0 Å². The van der Waals surface area contributed by atoms with Gasteiger partial charge in [0.2, 0.25) is 0 Å². The molecule has 17 heavy (non-hydrogen) atoms. The smallest absolute Gasteiger partial charge is 0.127 e. The van der Waals surface area contributed by atoms with Crippen LogP contribution in [-0.4, -0.2) is 31.1 Å². The lowest BCUT2D eigenvalue weighted by atomic mass is 10.1. The first-order valence-electron chi connectivity index (χ1n) is 6.16. The van der Waals surface area contributed by atoms with E-state index in [0.29, 0.717) is 6.10 Å². The Kier molecular flexibility index (Phi) is 2.73. The van der Waals surface area contributed by atoms with Crippen molar-refractivity contribution in [3.63, 3.8) is 0 Å². The van der Waals surface area contributed by atoms with Crippen LogP contribution in [0.4, 0.5) is 0 Å². The van der Waals surface area contributed by atoms with Crippen molar-refractivity contribution in [3.8, 4) is 5.75 Å². The van der Waals surface area contributed by atoms with E-state index in [0.717, 1.165) is 25.3 Å². The second-order valence-electron chi connectivity index (χ2n) is 4.77. The highest BCUT2D eigenvalue weighted by Crippen LogP contribution is 2.27. The highest BCUT2D eigenvalue weighted by Gasteiger charge is 2.21. The number of hydrogen-bond acceptors (Lipinski definition) is 2. The molecule has 1 atom stereocenters. The Morgan fingerprint density at radius 3 is 2.76 bits per heavy atom. The lowest BCUT2D eigenvalue weighted by Gasteiger charge is -2.15. The van der Waals surface area contributed by atoms with Gasteiger partial charge in [0.05, 0.1) is 0 Å². The van der Waals surface area contributed by atoms with Gasteiger partial charge < -0.3 is 9.64 Å². The largest absolute Gasteiger partial charge is 0.488 e. The molecule has 0 spiro atoms. The zero-order chi connectivity index (χ0) is 11.7. The van der Waals surface area contributed by atoms with Crippen LogP contribution in [-0.2, 0) is 0 Å². The number of ether oxygens (including phenoxy) is 1. The second-order valence-corrected chi connectivity index (χ2v) is 4.77. The fourth-order valence-electron chi connectivity index (χ4n) is 2.47. The molecule has 2 nitrogen and oxygen atoms in total. The lowest BCUT2D eigenvalue weighted by Crippen LogP contribution is -2.21. The first-order valence-corrected chi connectivity index (χ1v) is 6.16. The van der Waals surface area contributed by atoms with E-state index in [1.807, 2.05) is 0 Å². The van der Waals surface area contributed by atoms with Crippen LogP contribution in [0.3, 0.4) is 0 Å². The summed E-state index contributed by atoms with van der Waals surface area (Å²) in [4.78, 5) is 2.32. The van der Waals surface area contributed by atoms with Gasteiger partial charge in [-0.05, 0) is 24.9 Å². The Balaban J connectivity index is 1.90. The number of nitrogens with zero attached hydrogens (tertiary/aromatic N) is 1. The van der Waals surface area contributed by atoms with Crippen LogP contribution in [0.5, 0.6) is 5.75 Å². The van der Waals surface area contributed by atoms with Crippen molar-refractivity contribution >= 4 is 10.8 Å². The summed E-state index contributed by atoms with van der Waals surface area (Å²) in [6.07, 6.45) is 1.46. The molecule has 1 heterocycles. The minimum atomic E-state index is 0.339. The number of benzene rings is 2. The van der Waals surface area contributed by atoms with E-state index < -0.39 is 0 Å². The molecule has 2 heteroatoms. The van der Waals surface area contributed by atoms with Gasteiger partial charge >= 0.3 is 0 Å². The van der Waals surface area contributed by atoms with Crippen LogP contribution < -0.4 is 4.74 Å². The minimum absolute atomic E-state index is 0.339. The molecule has 3 rings (SSSR count). The van der Waals surface area contributed by atoms with E-state index in [1.165, 1.54) is 10.8 Å². The fraction of sp³-hybridized carbons (Fsp3) is 0.333. The lowest BCUT2D eigenvalue weighted by molar-refractivity contribution is 0.211. The average molecular weight is 227 g/mol. The van der Waals surface area contributed by atoms with Gasteiger partial charge in [-0.3, -0.25) is 0 Å². The summed E-state index contributed by atoms with van der Waals surface area (Å²) >= 11 is 0. The molecule has 1 aliphatic heterocycles. The Morgan fingerprint density at radius 2 is 1.94 bits per heavy atom. The molecule has 1 fully saturated rings. The molecular weight excluding hydrogens is 210 g/mol. The van der Waals surface area contributed by atoms with Gasteiger partial charge in [0.25, 0.3) is 0 Å². The molecule has 88 valence electrons. The maximum atomic E-state index is 6.12. The van der Waals surface area contributed by atoms with Crippen molar-refractivity contribution < 1.29 is 4.74 Å². The summed E-state index contributed by atoms with van der Waals surface area (Å²) in [7, 11) is 2.15. The van der Waals surface area contributed by atoms with E-state index in [1.54, 1.807) is 0 Å². The molecule has 1 unspecified atom stereocenters. The molecule has 2 aromatic rings. The second kappa shape index (κ2) is 4.38. The molecule has 0 aliphatic carbocycles. The maximum Gasteiger partial charge on any atom is 0.127 e. The highest BCUT2D eigenvalue weighted by molar-refractivity contribution is 5.88. The standard InChI is InChI=1S/C15H17NO/c1-16-10-9-13(11-16)17-15-8-4-6-12-5-2-3-7-14(12)15/h2-8,13H,9-11H2,1H3. The molecule has 0 saturated carbocycles. The number of fused-ring (bicyclic) bond motifs is 1. The monoisotopic (exact) mass is 227 g/mol. The van der Waals surface area contributed by atoms with Gasteiger partial charge in [-0.25, -0.2) is 0 Å². The molecule has 1 saturated heterocycles. The zero-order valence-electron chi connectivity index (χ0n) is 10.1. The van der Waals surface area contributed by atoms with Crippen LogP contribution in [0.1, 0.15) is 6.42 Å². The third-order valence-corrected chi connectivity index (χ3v) is 3.39. The number of hydrogen-bond donors (Lipinski definition) is 0. The minimum Gasteiger partial charge on any atom is -0.488 e. The van der Waals surface area contributed by atoms with Crippen molar-refractivity contribution in [1.29, 1.82) is 0 Å². The summed E-state index contributed by atoms with van der Waals surface area (Å²) in [5.74, 6) is 1.02. The van der Waals surface area contributed by atoms with Crippen LogP contribution in [0.15, 0.2) is 42.5 Å². The summed E-state index contributed by atoms with van der Waals surface area (Å²) in [6, 6.07) is 14.7. The Hall–Kier alpha value is -1.54. The summed E-state index contributed by atoms with van der Waals surface area (Å²) in [5.41, 5.74) is 0. The van der Waals surface area contributed by atoms with E-state index in [9.17, 15) is 0 Å². The first-order chi connectivity index (χ1) is 8.33. The quantitative estimate of drug-likeness (QED) is 0.782. The predicted molar refractivity (Wildman–Crippen MR) is 70.5 cm³/mol. The summed E-state index contributed by atoms with van der Waals surface area (Å²) in [5, 5.41) is 2.46. The Morgan fingerprint density at radius 1 is 1.12 bits per heavy atom.